The molecule has 0 atom stereocenters. The number of benzene rings is 1. The maximum absolute atomic E-state index is 12.2. The molecule has 0 saturated carbocycles. The number of fused-ring (bicyclic) bond motifs is 1. The van der Waals surface area contributed by atoms with Gasteiger partial charge in [-0.2, -0.15) is 10.2 Å². The number of aromatic nitrogens is 4. The van der Waals surface area contributed by atoms with Gasteiger partial charge in [0.1, 0.15) is 11.0 Å². The number of nitrogens with one attached hydrogen (secondary N) is 1. The van der Waals surface area contributed by atoms with Crippen LogP contribution in [0.5, 0.6) is 0 Å². The molecule has 6 heteroatoms. The lowest BCUT2D eigenvalue weighted by Crippen LogP contribution is -2.15. The van der Waals surface area contributed by atoms with Crippen LogP contribution in [-0.2, 0) is 18.4 Å². The van der Waals surface area contributed by atoms with E-state index >= 15 is 0 Å². The van der Waals surface area contributed by atoms with E-state index in [0.29, 0.717) is 18.9 Å². The highest BCUT2D eigenvalue weighted by Crippen LogP contribution is 2.18. The van der Waals surface area contributed by atoms with Gasteiger partial charge in [-0.25, -0.2) is 0 Å². The first kappa shape index (κ1) is 16.2. The van der Waals surface area contributed by atoms with Crippen molar-refractivity contribution in [3.05, 3.63) is 41.7 Å². The van der Waals surface area contributed by atoms with Gasteiger partial charge >= 0.3 is 0 Å². The van der Waals surface area contributed by atoms with E-state index in [1.165, 1.54) is 5.56 Å². The molecule has 0 spiro atoms. The van der Waals surface area contributed by atoms with Crippen molar-refractivity contribution < 1.29 is 4.79 Å². The lowest BCUT2D eigenvalue weighted by molar-refractivity contribution is -0.116. The first-order valence-corrected chi connectivity index (χ1v) is 8.20. The third-order valence-corrected chi connectivity index (χ3v) is 4.22. The first-order valence-electron chi connectivity index (χ1n) is 8.20. The molecule has 6 nitrogen and oxygen atoms in total. The lowest BCUT2D eigenvalue weighted by Gasteiger charge is -2.09. The van der Waals surface area contributed by atoms with Crippen molar-refractivity contribution in [2.24, 2.45) is 7.05 Å². The minimum absolute atomic E-state index is 0.0162. The van der Waals surface area contributed by atoms with Crippen molar-refractivity contribution in [2.75, 3.05) is 5.32 Å². The quantitative estimate of drug-likeness (QED) is 0.783. The predicted molar refractivity (Wildman–Crippen MR) is 95.0 cm³/mol. The zero-order chi connectivity index (χ0) is 17.3. The second kappa shape index (κ2) is 6.47. The van der Waals surface area contributed by atoms with Crippen LogP contribution in [0.15, 0.2) is 30.5 Å². The molecule has 24 heavy (non-hydrogen) atoms. The number of amides is 1. The second-order valence-electron chi connectivity index (χ2n) is 6.39. The van der Waals surface area contributed by atoms with Gasteiger partial charge in [-0.3, -0.25) is 14.2 Å². The van der Waals surface area contributed by atoms with Crippen LogP contribution in [0, 0.1) is 6.92 Å². The summed E-state index contributed by atoms with van der Waals surface area (Å²) in [6.07, 6.45) is 2.16. The fraction of sp³-hybridized carbons (Fsp3) is 0.389. The van der Waals surface area contributed by atoms with Gasteiger partial charge in [-0.05, 0) is 30.5 Å². The van der Waals surface area contributed by atoms with E-state index in [9.17, 15) is 4.79 Å². The van der Waals surface area contributed by atoms with Crippen molar-refractivity contribution in [1.29, 1.82) is 0 Å². The number of hydrogen-bond donors (Lipinski definition) is 1. The maximum atomic E-state index is 12.2. The third kappa shape index (κ3) is 3.18. The molecule has 2 aromatic heterocycles. The van der Waals surface area contributed by atoms with Crippen molar-refractivity contribution in [3.8, 4) is 0 Å². The molecule has 1 amide bonds. The van der Waals surface area contributed by atoms with Gasteiger partial charge in [0, 0.05) is 19.2 Å². The summed E-state index contributed by atoms with van der Waals surface area (Å²) in [5.41, 5.74) is 4.99. The highest BCUT2D eigenvalue weighted by molar-refractivity contribution is 5.90. The molecule has 0 fully saturated rings. The number of rotatable bonds is 5. The van der Waals surface area contributed by atoms with Crippen molar-refractivity contribution >= 4 is 22.6 Å². The highest BCUT2D eigenvalue weighted by atomic mass is 16.1. The molecule has 126 valence electrons. The fourth-order valence-electron chi connectivity index (χ4n) is 2.86. The molecule has 3 rings (SSSR count). The van der Waals surface area contributed by atoms with E-state index in [4.69, 9.17) is 0 Å². The van der Waals surface area contributed by atoms with Crippen molar-refractivity contribution in [1.82, 2.24) is 19.6 Å². The molecular formula is C18H23N5O. The standard InChI is InChI=1S/C18H23N5O/c1-12(2)14-5-7-15(8-6-14)20-17(24)9-10-23-18-13(3)21-22(4)16(18)11-19-23/h5-8,11-12H,9-10H2,1-4H3,(H,20,24). The molecule has 1 N–H and O–H groups in total. The molecule has 0 aliphatic carbocycles. The SMILES string of the molecule is Cc1nn(C)c2cnn(CCC(=O)Nc3ccc(C(C)C)cc3)c12. The highest BCUT2D eigenvalue weighted by Gasteiger charge is 2.12. The zero-order valence-corrected chi connectivity index (χ0v) is 14.6. The zero-order valence-electron chi connectivity index (χ0n) is 14.6. The summed E-state index contributed by atoms with van der Waals surface area (Å²) < 4.78 is 3.66. The minimum Gasteiger partial charge on any atom is -0.326 e. The monoisotopic (exact) mass is 325 g/mol. The van der Waals surface area contributed by atoms with E-state index in [1.807, 2.05) is 35.5 Å². The summed E-state index contributed by atoms with van der Waals surface area (Å²) >= 11 is 0. The average Bonchev–Trinajstić information content (AvgIpc) is 3.08. The maximum Gasteiger partial charge on any atom is 0.226 e. The van der Waals surface area contributed by atoms with Crippen LogP contribution >= 0.6 is 0 Å². The van der Waals surface area contributed by atoms with Gasteiger partial charge in [0.2, 0.25) is 5.91 Å². The Kier molecular flexibility index (Phi) is 4.38. The Morgan fingerprint density at radius 1 is 1.25 bits per heavy atom. The Labute approximate surface area is 141 Å². The molecule has 3 aromatic rings. The van der Waals surface area contributed by atoms with Gasteiger partial charge in [0.15, 0.2) is 0 Å². The normalized spacial score (nSPS) is 11.4. The Hall–Kier alpha value is -2.63. The molecule has 0 unspecified atom stereocenters. The van der Waals surface area contributed by atoms with Gasteiger partial charge in [-0.15, -0.1) is 0 Å². The van der Waals surface area contributed by atoms with Gasteiger partial charge < -0.3 is 5.32 Å². The van der Waals surface area contributed by atoms with Crippen molar-refractivity contribution in [3.63, 3.8) is 0 Å². The molecule has 1 aromatic carbocycles. The Morgan fingerprint density at radius 3 is 2.62 bits per heavy atom. The van der Waals surface area contributed by atoms with Crippen LogP contribution in [0.3, 0.4) is 0 Å². The van der Waals surface area contributed by atoms with E-state index in [0.717, 1.165) is 22.4 Å². The summed E-state index contributed by atoms with van der Waals surface area (Å²) in [7, 11) is 1.90. The minimum atomic E-state index is -0.0162. The van der Waals surface area contributed by atoms with Crippen LogP contribution in [0.25, 0.3) is 11.0 Å². The first-order chi connectivity index (χ1) is 11.5. The summed E-state index contributed by atoms with van der Waals surface area (Å²) in [5.74, 6) is 0.470. The van der Waals surface area contributed by atoms with Gasteiger partial charge in [0.25, 0.3) is 0 Å². The number of aryl methyl sites for hydroxylation is 3. The van der Waals surface area contributed by atoms with Crippen LogP contribution in [-0.4, -0.2) is 25.5 Å². The molecule has 0 aliphatic heterocycles. The molecule has 0 saturated heterocycles. The summed E-state index contributed by atoms with van der Waals surface area (Å²) in [5, 5.41) is 11.7. The Morgan fingerprint density at radius 2 is 1.96 bits per heavy atom. The molecule has 2 heterocycles. The number of carbonyl (C=O) groups excluding carboxylic acids is 1. The summed E-state index contributed by atoms with van der Waals surface area (Å²) in [6.45, 7) is 6.79. The van der Waals surface area contributed by atoms with Crippen molar-refractivity contribution in [2.45, 2.75) is 39.7 Å². The summed E-state index contributed by atoms with van der Waals surface area (Å²) in [4.78, 5) is 12.2. The fourth-order valence-corrected chi connectivity index (χ4v) is 2.86. The molecular weight excluding hydrogens is 302 g/mol. The predicted octanol–water partition coefficient (Wildman–Crippen LogP) is 3.23. The third-order valence-electron chi connectivity index (χ3n) is 4.22. The summed E-state index contributed by atoms with van der Waals surface area (Å²) in [6, 6.07) is 8.00. The Balaban J connectivity index is 1.62. The van der Waals surface area contributed by atoms with E-state index in [-0.39, 0.29) is 5.91 Å². The Bertz CT molecular complexity index is 858. The number of nitrogens with zero attached hydrogens (tertiary/aromatic N) is 4. The molecule has 0 aliphatic rings. The van der Waals surface area contributed by atoms with E-state index < -0.39 is 0 Å². The smallest absolute Gasteiger partial charge is 0.226 e. The average molecular weight is 325 g/mol. The largest absolute Gasteiger partial charge is 0.326 e. The van der Waals surface area contributed by atoms with E-state index in [1.54, 1.807) is 6.20 Å². The van der Waals surface area contributed by atoms with E-state index in [2.05, 4.69) is 41.5 Å². The van der Waals surface area contributed by atoms with Crippen LogP contribution in [0.2, 0.25) is 0 Å². The lowest BCUT2D eigenvalue weighted by atomic mass is 10.0. The van der Waals surface area contributed by atoms with Crippen LogP contribution < -0.4 is 5.32 Å². The second-order valence-corrected chi connectivity index (χ2v) is 6.39. The van der Waals surface area contributed by atoms with Crippen LogP contribution in [0.1, 0.15) is 37.4 Å². The number of hydrogen-bond acceptors (Lipinski definition) is 3. The molecule has 0 bridgehead atoms. The number of carbonyl (C=O) groups is 1. The van der Waals surface area contributed by atoms with Gasteiger partial charge in [0.05, 0.1) is 18.4 Å². The number of anilines is 1. The van der Waals surface area contributed by atoms with Crippen LogP contribution in [0.4, 0.5) is 5.69 Å². The topological polar surface area (TPSA) is 64.7 Å². The van der Waals surface area contributed by atoms with Gasteiger partial charge in [-0.1, -0.05) is 26.0 Å². The molecule has 0 radical (unpaired) electrons.